The number of benzene rings is 1. The molecule has 0 saturated heterocycles. The fourth-order valence-electron chi connectivity index (χ4n) is 1.36. The van der Waals surface area contributed by atoms with E-state index in [1.165, 1.54) is 12.1 Å². The summed E-state index contributed by atoms with van der Waals surface area (Å²) in [5, 5.41) is 0. The van der Waals surface area contributed by atoms with Gasteiger partial charge in [0.25, 0.3) is 5.92 Å². The van der Waals surface area contributed by atoms with E-state index in [4.69, 9.17) is 4.74 Å². The van der Waals surface area contributed by atoms with Gasteiger partial charge in [-0.15, -0.1) is 0 Å². The fraction of sp³-hybridized carbons (Fsp3) is 0.286. The normalized spacial score (nSPS) is 12.4. The molecule has 0 N–H and O–H groups in total. The van der Waals surface area contributed by atoms with Crippen molar-refractivity contribution in [1.29, 1.82) is 0 Å². The van der Waals surface area contributed by atoms with Crippen LogP contribution in [0.4, 0.5) is 8.78 Å². The van der Waals surface area contributed by atoms with E-state index in [0.29, 0.717) is 11.3 Å². The van der Waals surface area contributed by atoms with Gasteiger partial charge in [0.05, 0.1) is 0 Å². The Hall–Kier alpha value is -1.64. The van der Waals surface area contributed by atoms with Gasteiger partial charge < -0.3 is 4.74 Å². The number of alkyl halides is 2. The Balaban J connectivity index is 2.76. The van der Waals surface area contributed by atoms with Gasteiger partial charge in [-0.1, -0.05) is 24.8 Å². The van der Waals surface area contributed by atoms with Crippen molar-refractivity contribution >= 4 is 0 Å². The van der Waals surface area contributed by atoms with Crippen LogP contribution in [0.5, 0.6) is 0 Å². The topological polar surface area (TPSA) is 9.23 Å². The van der Waals surface area contributed by atoms with Crippen LogP contribution >= 0.6 is 0 Å². The molecule has 17 heavy (non-hydrogen) atoms. The molecule has 0 aliphatic rings. The summed E-state index contributed by atoms with van der Waals surface area (Å²) in [6.07, 6.45) is 3.35. The lowest BCUT2D eigenvalue weighted by molar-refractivity contribution is 0.0173. The highest BCUT2D eigenvalue weighted by Gasteiger charge is 2.23. The molecule has 0 spiro atoms. The van der Waals surface area contributed by atoms with Gasteiger partial charge >= 0.3 is 0 Å². The molecule has 1 nitrogen and oxygen atoms in total. The molecule has 0 amide bonds. The zero-order valence-corrected chi connectivity index (χ0v) is 10.0. The van der Waals surface area contributed by atoms with Crippen LogP contribution in [-0.4, -0.2) is 0 Å². The average Bonchev–Trinajstić information content (AvgIpc) is 2.30. The number of allylic oxidation sites excluding steroid dienone is 2. The maximum Gasteiger partial charge on any atom is 0.270 e. The second-order valence-corrected chi connectivity index (χ2v) is 3.77. The molecule has 0 fully saturated rings. The third kappa shape index (κ3) is 4.02. The minimum atomic E-state index is -2.82. The van der Waals surface area contributed by atoms with Gasteiger partial charge in [0.2, 0.25) is 0 Å². The van der Waals surface area contributed by atoms with Crippen molar-refractivity contribution in [3.63, 3.8) is 0 Å². The van der Waals surface area contributed by atoms with E-state index in [2.05, 4.69) is 6.58 Å². The quantitative estimate of drug-likeness (QED) is 0.545. The van der Waals surface area contributed by atoms with Crippen molar-refractivity contribution in [1.82, 2.24) is 0 Å². The van der Waals surface area contributed by atoms with E-state index < -0.39 is 5.92 Å². The first-order chi connectivity index (χ1) is 7.97. The molecule has 0 bridgehead atoms. The maximum atomic E-state index is 13.1. The molecule has 0 radical (unpaired) electrons. The number of halogens is 2. The summed E-state index contributed by atoms with van der Waals surface area (Å²) in [6, 6.07) is 6.23. The third-order valence-electron chi connectivity index (χ3n) is 2.33. The van der Waals surface area contributed by atoms with Crippen LogP contribution < -0.4 is 0 Å². The minimum Gasteiger partial charge on any atom is -0.489 e. The van der Waals surface area contributed by atoms with Crippen molar-refractivity contribution in [2.75, 3.05) is 0 Å². The first kappa shape index (κ1) is 13.4. The second kappa shape index (κ2) is 5.62. The Kier molecular flexibility index (Phi) is 4.44. The molecule has 0 aliphatic heterocycles. The Labute approximate surface area is 100 Å². The maximum absolute atomic E-state index is 13.1. The van der Waals surface area contributed by atoms with Gasteiger partial charge in [-0.3, -0.25) is 0 Å². The lowest BCUT2D eigenvalue weighted by Crippen LogP contribution is -2.07. The summed E-state index contributed by atoms with van der Waals surface area (Å²) in [4.78, 5) is 0. The zero-order valence-electron chi connectivity index (χ0n) is 10.0. The Morgan fingerprint density at radius 1 is 1.47 bits per heavy atom. The second-order valence-electron chi connectivity index (χ2n) is 3.77. The van der Waals surface area contributed by atoms with E-state index in [0.717, 1.165) is 6.92 Å². The smallest absolute Gasteiger partial charge is 0.270 e. The zero-order chi connectivity index (χ0) is 12.9. The van der Waals surface area contributed by atoms with Gasteiger partial charge in [-0.25, -0.2) is 8.78 Å². The summed E-state index contributed by atoms with van der Waals surface area (Å²) in [5.41, 5.74) is 0.712. The molecule has 0 unspecified atom stereocenters. The molecule has 0 saturated carbocycles. The van der Waals surface area contributed by atoms with E-state index in [-0.39, 0.29) is 12.2 Å². The van der Waals surface area contributed by atoms with Gasteiger partial charge in [0.1, 0.15) is 12.4 Å². The largest absolute Gasteiger partial charge is 0.489 e. The predicted octanol–water partition coefficient (Wildman–Crippen LogP) is 4.40. The van der Waals surface area contributed by atoms with Crippen molar-refractivity contribution in [3.8, 4) is 0 Å². The van der Waals surface area contributed by atoms with E-state index in [9.17, 15) is 8.78 Å². The van der Waals surface area contributed by atoms with Crippen LogP contribution in [0.2, 0.25) is 0 Å². The molecule has 0 atom stereocenters. The molecular formula is C14H16F2O. The van der Waals surface area contributed by atoms with Crippen LogP contribution in [-0.2, 0) is 17.3 Å². The standard InChI is InChI=1S/C14H16F2O/c1-4-13(5-2)17-10-11-7-6-8-12(9-11)14(3,15)16/h4-9H,1,10H2,2-3H3/b13-5+. The highest BCUT2D eigenvalue weighted by atomic mass is 19.3. The van der Waals surface area contributed by atoms with E-state index in [1.54, 1.807) is 24.3 Å². The predicted molar refractivity (Wildman–Crippen MR) is 64.8 cm³/mol. The van der Waals surface area contributed by atoms with Crippen LogP contribution in [0.15, 0.2) is 48.8 Å². The van der Waals surface area contributed by atoms with Gasteiger partial charge in [0.15, 0.2) is 0 Å². The number of hydrogen-bond acceptors (Lipinski definition) is 1. The van der Waals surface area contributed by atoms with Crippen molar-refractivity contribution in [2.24, 2.45) is 0 Å². The highest BCUT2D eigenvalue weighted by molar-refractivity contribution is 5.26. The Morgan fingerprint density at radius 3 is 2.71 bits per heavy atom. The van der Waals surface area contributed by atoms with Crippen LogP contribution in [0.1, 0.15) is 25.0 Å². The monoisotopic (exact) mass is 238 g/mol. The SMILES string of the molecule is C=C/C(=C\C)OCc1cccc(C(C)(F)F)c1. The van der Waals surface area contributed by atoms with E-state index >= 15 is 0 Å². The molecule has 1 aromatic rings. The lowest BCUT2D eigenvalue weighted by Gasteiger charge is -2.12. The molecule has 92 valence electrons. The molecule has 3 heteroatoms. The van der Waals surface area contributed by atoms with Crippen LogP contribution in [0.25, 0.3) is 0 Å². The molecular weight excluding hydrogens is 222 g/mol. The Morgan fingerprint density at radius 2 is 2.18 bits per heavy atom. The number of rotatable bonds is 5. The van der Waals surface area contributed by atoms with Gasteiger partial charge in [0, 0.05) is 12.5 Å². The molecule has 1 rings (SSSR count). The van der Waals surface area contributed by atoms with Gasteiger partial charge in [-0.05, 0) is 30.7 Å². The third-order valence-corrected chi connectivity index (χ3v) is 2.33. The first-order valence-corrected chi connectivity index (χ1v) is 5.36. The fourth-order valence-corrected chi connectivity index (χ4v) is 1.36. The van der Waals surface area contributed by atoms with E-state index in [1.807, 2.05) is 6.92 Å². The summed E-state index contributed by atoms with van der Waals surface area (Å²) in [7, 11) is 0. The van der Waals surface area contributed by atoms with Crippen LogP contribution in [0, 0.1) is 0 Å². The van der Waals surface area contributed by atoms with Crippen molar-refractivity contribution in [3.05, 3.63) is 59.9 Å². The van der Waals surface area contributed by atoms with Gasteiger partial charge in [-0.2, -0.15) is 0 Å². The molecule has 0 heterocycles. The molecule has 0 aliphatic carbocycles. The minimum absolute atomic E-state index is 0.000712. The van der Waals surface area contributed by atoms with Crippen molar-refractivity contribution in [2.45, 2.75) is 26.4 Å². The number of hydrogen-bond donors (Lipinski definition) is 0. The summed E-state index contributed by atoms with van der Waals surface area (Å²) < 4.78 is 31.6. The summed E-state index contributed by atoms with van der Waals surface area (Å²) in [6.45, 7) is 6.56. The molecule has 0 aromatic heterocycles. The van der Waals surface area contributed by atoms with Crippen LogP contribution in [0.3, 0.4) is 0 Å². The lowest BCUT2D eigenvalue weighted by atomic mass is 10.1. The highest BCUT2D eigenvalue weighted by Crippen LogP contribution is 2.27. The number of ether oxygens (including phenoxy) is 1. The summed E-state index contributed by atoms with van der Waals surface area (Å²) >= 11 is 0. The first-order valence-electron chi connectivity index (χ1n) is 5.36. The Bertz CT molecular complexity index is 416. The summed E-state index contributed by atoms with van der Waals surface area (Å²) in [5.74, 6) is -2.18. The average molecular weight is 238 g/mol. The van der Waals surface area contributed by atoms with Crippen molar-refractivity contribution < 1.29 is 13.5 Å². The molecule has 1 aromatic carbocycles.